The average molecular weight is 335 g/mol. The van der Waals surface area contributed by atoms with Crippen molar-refractivity contribution in [2.45, 2.75) is 13.5 Å². The molecule has 5 heteroatoms. The summed E-state index contributed by atoms with van der Waals surface area (Å²) in [6, 6.07) is 16.8. The summed E-state index contributed by atoms with van der Waals surface area (Å²) in [5, 5.41) is 8.11. The molecule has 3 aromatic rings. The molecule has 5 nitrogen and oxygen atoms in total. The molecular formula is C20H21N3O2. The third-order valence-corrected chi connectivity index (χ3v) is 4.46. The number of aromatic nitrogens is 2. The van der Waals surface area contributed by atoms with Crippen LogP contribution in [-0.2, 0) is 11.3 Å². The molecule has 0 radical (unpaired) electrons. The van der Waals surface area contributed by atoms with Gasteiger partial charge in [-0.3, -0.25) is 4.90 Å². The molecule has 1 saturated heterocycles. The minimum Gasteiger partial charge on any atom is -0.421 e. The fraction of sp³-hybridized carbons (Fsp3) is 0.300. The number of ether oxygens (including phenoxy) is 1. The molecule has 1 aliphatic heterocycles. The summed E-state index contributed by atoms with van der Waals surface area (Å²) >= 11 is 0. The van der Waals surface area contributed by atoms with Crippen molar-refractivity contribution >= 4 is 0 Å². The number of aryl methyl sites for hydroxylation is 1. The van der Waals surface area contributed by atoms with Gasteiger partial charge in [0, 0.05) is 32.1 Å². The Morgan fingerprint density at radius 2 is 1.64 bits per heavy atom. The van der Waals surface area contributed by atoms with E-state index in [4.69, 9.17) is 9.15 Å². The lowest BCUT2D eigenvalue weighted by atomic mass is 9.98. The second-order valence-corrected chi connectivity index (χ2v) is 6.26. The predicted octanol–water partition coefficient (Wildman–Crippen LogP) is 3.54. The summed E-state index contributed by atoms with van der Waals surface area (Å²) < 4.78 is 11.0. The molecule has 0 bridgehead atoms. The molecule has 0 aliphatic carbocycles. The van der Waals surface area contributed by atoms with E-state index in [9.17, 15) is 0 Å². The molecule has 4 rings (SSSR count). The Balaban J connectivity index is 1.58. The predicted molar refractivity (Wildman–Crippen MR) is 96.0 cm³/mol. The van der Waals surface area contributed by atoms with Gasteiger partial charge < -0.3 is 9.15 Å². The lowest BCUT2D eigenvalue weighted by Crippen LogP contribution is -2.35. The van der Waals surface area contributed by atoms with Crippen molar-refractivity contribution in [3.05, 3.63) is 60.0 Å². The van der Waals surface area contributed by atoms with Gasteiger partial charge in [-0.25, -0.2) is 0 Å². The highest BCUT2D eigenvalue weighted by atomic mass is 16.5. The molecule has 1 fully saturated rings. The van der Waals surface area contributed by atoms with E-state index in [-0.39, 0.29) is 0 Å². The Morgan fingerprint density at radius 3 is 2.32 bits per heavy atom. The van der Waals surface area contributed by atoms with Gasteiger partial charge in [-0.05, 0) is 22.8 Å². The van der Waals surface area contributed by atoms with Crippen LogP contribution >= 0.6 is 0 Å². The molecule has 1 aliphatic rings. The van der Waals surface area contributed by atoms with E-state index in [2.05, 4.69) is 45.4 Å². The van der Waals surface area contributed by atoms with Crippen molar-refractivity contribution in [3.63, 3.8) is 0 Å². The van der Waals surface area contributed by atoms with Gasteiger partial charge in [0.15, 0.2) is 0 Å². The molecule has 128 valence electrons. The monoisotopic (exact) mass is 335 g/mol. The number of hydrogen-bond donors (Lipinski definition) is 0. The largest absolute Gasteiger partial charge is 0.421 e. The highest BCUT2D eigenvalue weighted by Crippen LogP contribution is 2.31. The Hall–Kier alpha value is -2.50. The van der Waals surface area contributed by atoms with Crippen LogP contribution in [0.25, 0.3) is 22.6 Å². The van der Waals surface area contributed by atoms with Crippen LogP contribution in [-0.4, -0.2) is 41.4 Å². The topological polar surface area (TPSA) is 51.4 Å². The van der Waals surface area contributed by atoms with E-state index in [1.165, 1.54) is 5.56 Å². The van der Waals surface area contributed by atoms with Gasteiger partial charge in [0.1, 0.15) is 0 Å². The molecule has 0 spiro atoms. The van der Waals surface area contributed by atoms with Crippen LogP contribution in [0.2, 0.25) is 0 Å². The molecule has 25 heavy (non-hydrogen) atoms. The van der Waals surface area contributed by atoms with Gasteiger partial charge in [-0.15, -0.1) is 10.2 Å². The quantitative estimate of drug-likeness (QED) is 0.730. The first-order valence-electron chi connectivity index (χ1n) is 8.58. The van der Waals surface area contributed by atoms with Crippen molar-refractivity contribution in [2.24, 2.45) is 0 Å². The maximum atomic E-state index is 5.62. The third-order valence-electron chi connectivity index (χ3n) is 4.46. The van der Waals surface area contributed by atoms with Gasteiger partial charge in [-0.2, -0.15) is 0 Å². The lowest BCUT2D eigenvalue weighted by molar-refractivity contribution is 0.0342. The number of morpholine rings is 1. The van der Waals surface area contributed by atoms with Crippen molar-refractivity contribution < 1.29 is 9.15 Å². The van der Waals surface area contributed by atoms with Crippen LogP contribution in [0.5, 0.6) is 0 Å². The van der Waals surface area contributed by atoms with Crippen molar-refractivity contribution in [3.8, 4) is 22.6 Å². The Morgan fingerprint density at radius 1 is 0.920 bits per heavy atom. The molecule has 0 amide bonds. The van der Waals surface area contributed by atoms with E-state index < -0.39 is 0 Å². The Bertz CT molecular complexity index is 836. The summed E-state index contributed by atoms with van der Waals surface area (Å²) in [5.74, 6) is 1.14. The second-order valence-electron chi connectivity index (χ2n) is 6.26. The summed E-state index contributed by atoms with van der Waals surface area (Å²) in [6.45, 7) is 6.43. The first kappa shape index (κ1) is 16.0. The fourth-order valence-electron chi connectivity index (χ4n) is 3.13. The molecule has 0 atom stereocenters. The zero-order chi connectivity index (χ0) is 17.1. The van der Waals surface area contributed by atoms with Crippen LogP contribution in [0, 0.1) is 6.92 Å². The second kappa shape index (κ2) is 7.17. The van der Waals surface area contributed by atoms with E-state index in [0.29, 0.717) is 11.8 Å². The van der Waals surface area contributed by atoms with E-state index >= 15 is 0 Å². The van der Waals surface area contributed by atoms with Gasteiger partial charge in [0.2, 0.25) is 11.8 Å². The first-order chi connectivity index (χ1) is 12.3. The average Bonchev–Trinajstić information content (AvgIpc) is 3.10. The number of hydrogen-bond acceptors (Lipinski definition) is 5. The highest BCUT2D eigenvalue weighted by Gasteiger charge is 2.13. The first-order valence-corrected chi connectivity index (χ1v) is 8.58. The standard InChI is InChI=1S/C20H21N3O2/c1-15-21-22-20(25-15)19-5-3-2-4-18(19)17-8-6-16(7-9-17)14-23-10-12-24-13-11-23/h2-9H,10-14H2,1H3. The third kappa shape index (κ3) is 3.62. The van der Waals surface area contributed by atoms with E-state index in [1.54, 1.807) is 6.92 Å². The van der Waals surface area contributed by atoms with Crippen molar-refractivity contribution in [1.29, 1.82) is 0 Å². The van der Waals surface area contributed by atoms with E-state index in [1.807, 2.05) is 18.2 Å². The van der Waals surface area contributed by atoms with Crippen LogP contribution in [0.1, 0.15) is 11.5 Å². The van der Waals surface area contributed by atoms with E-state index in [0.717, 1.165) is 49.5 Å². The van der Waals surface area contributed by atoms with Gasteiger partial charge in [-0.1, -0.05) is 42.5 Å². The summed E-state index contributed by atoms with van der Waals surface area (Å²) in [4.78, 5) is 2.42. The SMILES string of the molecule is Cc1nnc(-c2ccccc2-c2ccc(CN3CCOCC3)cc2)o1. The van der Waals surface area contributed by atoms with Crippen molar-refractivity contribution in [2.75, 3.05) is 26.3 Å². The van der Waals surface area contributed by atoms with Gasteiger partial charge in [0.05, 0.1) is 13.2 Å². The minimum atomic E-state index is 0.561. The fourth-order valence-corrected chi connectivity index (χ4v) is 3.13. The van der Waals surface area contributed by atoms with Gasteiger partial charge >= 0.3 is 0 Å². The maximum Gasteiger partial charge on any atom is 0.248 e. The zero-order valence-electron chi connectivity index (χ0n) is 14.3. The maximum absolute atomic E-state index is 5.62. The lowest BCUT2D eigenvalue weighted by Gasteiger charge is -2.26. The molecule has 0 saturated carbocycles. The smallest absolute Gasteiger partial charge is 0.248 e. The Kier molecular flexibility index (Phi) is 4.59. The molecule has 0 N–H and O–H groups in total. The molecule has 1 aromatic heterocycles. The zero-order valence-corrected chi connectivity index (χ0v) is 14.3. The summed E-state index contributed by atoms with van der Waals surface area (Å²) in [6.07, 6.45) is 0. The molecule has 0 unspecified atom stereocenters. The molecule has 2 aromatic carbocycles. The van der Waals surface area contributed by atoms with Gasteiger partial charge in [0.25, 0.3) is 0 Å². The van der Waals surface area contributed by atoms with Crippen LogP contribution in [0.15, 0.2) is 52.9 Å². The normalized spacial score (nSPS) is 15.4. The van der Waals surface area contributed by atoms with Crippen molar-refractivity contribution in [1.82, 2.24) is 15.1 Å². The number of nitrogens with zero attached hydrogens (tertiary/aromatic N) is 3. The summed E-state index contributed by atoms with van der Waals surface area (Å²) in [7, 11) is 0. The number of rotatable bonds is 4. The molecule has 2 heterocycles. The Labute approximate surface area is 147 Å². The van der Waals surface area contributed by atoms with Crippen LogP contribution in [0.4, 0.5) is 0 Å². The summed E-state index contributed by atoms with van der Waals surface area (Å²) in [5.41, 5.74) is 4.53. The number of benzene rings is 2. The minimum absolute atomic E-state index is 0.561. The van der Waals surface area contributed by atoms with Crippen LogP contribution < -0.4 is 0 Å². The van der Waals surface area contributed by atoms with Crippen LogP contribution in [0.3, 0.4) is 0 Å². The highest BCUT2D eigenvalue weighted by molar-refractivity contribution is 5.79. The molecular weight excluding hydrogens is 314 g/mol.